The number of ether oxygens (including phenoxy) is 1. The first-order valence-electron chi connectivity index (χ1n) is 5.44. The fraction of sp³-hybridized carbons (Fsp3) is 0.500. The van der Waals surface area contributed by atoms with Gasteiger partial charge in [0.15, 0.2) is 0 Å². The van der Waals surface area contributed by atoms with Crippen molar-refractivity contribution >= 4 is 15.9 Å². The van der Waals surface area contributed by atoms with Crippen LogP contribution in [0.15, 0.2) is 22.7 Å². The zero-order valence-corrected chi connectivity index (χ0v) is 10.5. The summed E-state index contributed by atoms with van der Waals surface area (Å²) in [6.07, 6.45) is 2.66. The van der Waals surface area contributed by atoms with Crippen molar-refractivity contribution in [2.45, 2.75) is 32.4 Å². The summed E-state index contributed by atoms with van der Waals surface area (Å²) in [5, 5.41) is 3.49. The number of benzene rings is 1. The Labute approximate surface area is 99.1 Å². The lowest BCUT2D eigenvalue weighted by molar-refractivity contribution is 0.338. The molecule has 1 aromatic rings. The van der Waals surface area contributed by atoms with E-state index in [1.807, 2.05) is 13.0 Å². The van der Waals surface area contributed by atoms with Gasteiger partial charge in [0.2, 0.25) is 0 Å². The fourth-order valence-corrected chi connectivity index (χ4v) is 2.02. The molecule has 0 heterocycles. The highest BCUT2D eigenvalue weighted by molar-refractivity contribution is 9.10. The molecule has 0 unspecified atom stereocenters. The molecule has 0 aromatic heterocycles. The van der Waals surface area contributed by atoms with E-state index >= 15 is 0 Å². The van der Waals surface area contributed by atoms with E-state index in [2.05, 4.69) is 33.4 Å². The predicted octanol–water partition coefficient (Wildman–Crippen LogP) is 3.10. The summed E-state index contributed by atoms with van der Waals surface area (Å²) in [6.45, 7) is 3.66. The number of hydrogen-bond donors (Lipinski definition) is 1. The second kappa shape index (κ2) is 4.99. The van der Waals surface area contributed by atoms with Gasteiger partial charge in [-0.2, -0.15) is 0 Å². The molecule has 0 spiro atoms. The van der Waals surface area contributed by atoms with Crippen LogP contribution in [0.25, 0.3) is 0 Å². The van der Waals surface area contributed by atoms with Crippen LogP contribution >= 0.6 is 15.9 Å². The lowest BCUT2D eigenvalue weighted by Gasteiger charge is -2.08. The second-order valence-corrected chi connectivity index (χ2v) is 4.71. The molecule has 0 amide bonds. The monoisotopic (exact) mass is 269 g/mol. The Hall–Kier alpha value is -0.540. The van der Waals surface area contributed by atoms with Crippen molar-refractivity contribution in [1.82, 2.24) is 5.32 Å². The first-order valence-corrected chi connectivity index (χ1v) is 6.23. The third kappa shape index (κ3) is 3.21. The van der Waals surface area contributed by atoms with Gasteiger partial charge in [-0.3, -0.25) is 0 Å². The zero-order valence-electron chi connectivity index (χ0n) is 8.92. The van der Waals surface area contributed by atoms with Gasteiger partial charge in [0.1, 0.15) is 5.75 Å². The van der Waals surface area contributed by atoms with Crippen LogP contribution in [0.2, 0.25) is 0 Å². The Balaban J connectivity index is 1.96. The van der Waals surface area contributed by atoms with Crippen molar-refractivity contribution in [2.75, 3.05) is 6.61 Å². The van der Waals surface area contributed by atoms with E-state index in [0.29, 0.717) is 6.61 Å². The number of rotatable bonds is 5. The average Bonchev–Trinajstić information content (AvgIpc) is 3.03. The van der Waals surface area contributed by atoms with Gasteiger partial charge in [-0.15, -0.1) is 0 Å². The van der Waals surface area contributed by atoms with Crippen molar-refractivity contribution in [3.63, 3.8) is 0 Å². The standard InChI is InChI=1S/C12H16BrNO/c1-2-15-12-6-3-9(7-11(12)13)8-14-10-4-5-10/h3,6-7,10,14H,2,4-5,8H2,1H3. The highest BCUT2D eigenvalue weighted by atomic mass is 79.9. The Bertz CT molecular complexity index is 336. The Morgan fingerprint density at radius 1 is 1.47 bits per heavy atom. The molecule has 0 bridgehead atoms. The van der Waals surface area contributed by atoms with E-state index < -0.39 is 0 Å². The summed E-state index contributed by atoms with van der Waals surface area (Å²) >= 11 is 3.52. The molecule has 82 valence electrons. The van der Waals surface area contributed by atoms with Crippen LogP contribution in [0.5, 0.6) is 5.75 Å². The molecule has 1 saturated carbocycles. The summed E-state index contributed by atoms with van der Waals surface area (Å²) in [5.74, 6) is 0.924. The third-order valence-corrected chi connectivity index (χ3v) is 3.09. The van der Waals surface area contributed by atoms with Crippen LogP contribution in [0.3, 0.4) is 0 Å². The first kappa shape index (κ1) is 11.0. The molecule has 1 aliphatic carbocycles. The number of hydrogen-bond acceptors (Lipinski definition) is 2. The van der Waals surface area contributed by atoms with Crippen LogP contribution in [0.1, 0.15) is 25.3 Å². The Kier molecular flexibility index (Phi) is 3.65. The van der Waals surface area contributed by atoms with E-state index in [4.69, 9.17) is 4.74 Å². The molecule has 0 saturated heterocycles. The minimum absolute atomic E-state index is 0.707. The van der Waals surface area contributed by atoms with Gasteiger partial charge in [0.25, 0.3) is 0 Å². The van der Waals surface area contributed by atoms with Crippen molar-refractivity contribution in [3.8, 4) is 5.75 Å². The summed E-state index contributed by atoms with van der Waals surface area (Å²) < 4.78 is 6.50. The topological polar surface area (TPSA) is 21.3 Å². The molecule has 1 aliphatic rings. The van der Waals surface area contributed by atoms with E-state index in [1.54, 1.807) is 0 Å². The van der Waals surface area contributed by atoms with Gasteiger partial charge in [0.05, 0.1) is 11.1 Å². The van der Waals surface area contributed by atoms with Gasteiger partial charge >= 0.3 is 0 Å². The van der Waals surface area contributed by atoms with Crippen LogP contribution in [-0.2, 0) is 6.54 Å². The van der Waals surface area contributed by atoms with Gasteiger partial charge in [-0.25, -0.2) is 0 Å². The van der Waals surface area contributed by atoms with Crippen molar-refractivity contribution in [1.29, 1.82) is 0 Å². The molecular formula is C12H16BrNO. The van der Waals surface area contributed by atoms with Crippen molar-refractivity contribution < 1.29 is 4.74 Å². The minimum atomic E-state index is 0.707. The zero-order chi connectivity index (χ0) is 10.7. The SMILES string of the molecule is CCOc1ccc(CNC2CC2)cc1Br. The van der Waals surface area contributed by atoms with Crippen molar-refractivity contribution in [3.05, 3.63) is 28.2 Å². The third-order valence-electron chi connectivity index (χ3n) is 2.47. The van der Waals surface area contributed by atoms with E-state index in [9.17, 15) is 0 Å². The van der Waals surface area contributed by atoms with E-state index in [-0.39, 0.29) is 0 Å². The van der Waals surface area contributed by atoms with Crippen LogP contribution in [0.4, 0.5) is 0 Å². The molecule has 15 heavy (non-hydrogen) atoms. The molecular weight excluding hydrogens is 254 g/mol. The average molecular weight is 270 g/mol. The lowest BCUT2D eigenvalue weighted by atomic mass is 10.2. The second-order valence-electron chi connectivity index (χ2n) is 3.85. The van der Waals surface area contributed by atoms with Gasteiger partial charge in [-0.1, -0.05) is 6.07 Å². The highest BCUT2D eigenvalue weighted by Gasteiger charge is 2.19. The summed E-state index contributed by atoms with van der Waals surface area (Å²) in [7, 11) is 0. The van der Waals surface area contributed by atoms with Crippen LogP contribution in [0, 0.1) is 0 Å². The summed E-state index contributed by atoms with van der Waals surface area (Å²) in [5.41, 5.74) is 1.30. The predicted molar refractivity (Wildman–Crippen MR) is 65.2 cm³/mol. The van der Waals surface area contributed by atoms with E-state index in [1.165, 1.54) is 18.4 Å². The maximum Gasteiger partial charge on any atom is 0.133 e. The lowest BCUT2D eigenvalue weighted by Crippen LogP contribution is -2.15. The van der Waals surface area contributed by atoms with Gasteiger partial charge in [-0.05, 0) is 53.4 Å². The molecule has 0 radical (unpaired) electrons. The van der Waals surface area contributed by atoms with Crippen LogP contribution in [-0.4, -0.2) is 12.6 Å². The largest absolute Gasteiger partial charge is 0.493 e. The number of halogens is 1. The van der Waals surface area contributed by atoms with Gasteiger partial charge < -0.3 is 10.1 Å². The highest BCUT2D eigenvalue weighted by Crippen LogP contribution is 2.26. The van der Waals surface area contributed by atoms with E-state index in [0.717, 1.165) is 22.8 Å². The number of nitrogens with one attached hydrogen (secondary N) is 1. The normalized spacial score (nSPS) is 15.3. The molecule has 2 nitrogen and oxygen atoms in total. The smallest absolute Gasteiger partial charge is 0.133 e. The molecule has 0 atom stereocenters. The molecule has 1 fully saturated rings. The first-order chi connectivity index (χ1) is 7.29. The molecule has 1 aromatic carbocycles. The summed E-state index contributed by atoms with van der Waals surface area (Å²) in [6, 6.07) is 7.03. The fourth-order valence-electron chi connectivity index (χ4n) is 1.48. The van der Waals surface area contributed by atoms with Crippen molar-refractivity contribution in [2.24, 2.45) is 0 Å². The van der Waals surface area contributed by atoms with Crippen LogP contribution < -0.4 is 10.1 Å². The quantitative estimate of drug-likeness (QED) is 0.887. The maximum atomic E-state index is 5.46. The Morgan fingerprint density at radius 3 is 2.87 bits per heavy atom. The minimum Gasteiger partial charge on any atom is -0.493 e. The Morgan fingerprint density at radius 2 is 2.27 bits per heavy atom. The molecule has 2 rings (SSSR count). The molecule has 3 heteroatoms. The molecule has 0 aliphatic heterocycles. The molecule has 1 N–H and O–H groups in total. The summed E-state index contributed by atoms with van der Waals surface area (Å²) in [4.78, 5) is 0. The van der Waals surface area contributed by atoms with Gasteiger partial charge in [0, 0.05) is 12.6 Å². The maximum absolute atomic E-state index is 5.46.